The summed E-state index contributed by atoms with van der Waals surface area (Å²) in [6, 6.07) is 32.7. The fourth-order valence-corrected chi connectivity index (χ4v) is 3.56. The summed E-state index contributed by atoms with van der Waals surface area (Å²) in [4.78, 5) is 2.58. The standard InChI is InChI=1S/C24H25NO/c1-4-10-20(11-5-1)16-23(24-19-26-24)25(17-21-12-6-2-7-13-21)18-22-14-8-3-9-15-22/h1-15,23-24H,16-19H2/t23?,24-/m0/s1. The van der Waals surface area contributed by atoms with E-state index in [9.17, 15) is 0 Å². The van der Waals surface area contributed by atoms with Gasteiger partial charge in [0, 0.05) is 19.1 Å². The number of epoxide rings is 1. The predicted octanol–water partition coefficient (Wildman–Crippen LogP) is 4.70. The number of nitrogens with zero attached hydrogens (tertiary/aromatic N) is 1. The van der Waals surface area contributed by atoms with Gasteiger partial charge in [0.1, 0.15) is 0 Å². The van der Waals surface area contributed by atoms with Crippen LogP contribution in [-0.2, 0) is 24.2 Å². The zero-order chi connectivity index (χ0) is 17.6. The molecule has 3 aromatic carbocycles. The maximum atomic E-state index is 5.76. The number of benzene rings is 3. The average molecular weight is 343 g/mol. The largest absolute Gasteiger partial charge is 0.371 e. The monoisotopic (exact) mass is 343 g/mol. The van der Waals surface area contributed by atoms with E-state index in [1.165, 1.54) is 16.7 Å². The molecule has 1 unspecified atom stereocenters. The normalized spacial score (nSPS) is 17.2. The molecule has 0 aromatic heterocycles. The minimum absolute atomic E-state index is 0.336. The van der Waals surface area contributed by atoms with Crippen LogP contribution >= 0.6 is 0 Å². The third kappa shape index (κ3) is 4.60. The van der Waals surface area contributed by atoms with Crippen molar-refractivity contribution >= 4 is 0 Å². The number of rotatable bonds is 8. The van der Waals surface area contributed by atoms with Gasteiger partial charge >= 0.3 is 0 Å². The van der Waals surface area contributed by atoms with Crippen molar-refractivity contribution in [2.45, 2.75) is 31.7 Å². The van der Waals surface area contributed by atoms with Crippen molar-refractivity contribution in [2.24, 2.45) is 0 Å². The second-order valence-electron chi connectivity index (χ2n) is 7.01. The first-order chi connectivity index (χ1) is 12.9. The van der Waals surface area contributed by atoms with Gasteiger partial charge < -0.3 is 4.74 Å². The Hall–Kier alpha value is -2.42. The molecule has 2 nitrogen and oxygen atoms in total. The lowest BCUT2D eigenvalue weighted by atomic mass is 10.0. The van der Waals surface area contributed by atoms with Gasteiger partial charge in [-0.05, 0) is 23.1 Å². The van der Waals surface area contributed by atoms with Crippen LogP contribution in [0.25, 0.3) is 0 Å². The molecule has 3 aromatic rings. The highest BCUT2D eigenvalue weighted by molar-refractivity contribution is 5.20. The van der Waals surface area contributed by atoms with Gasteiger partial charge in [-0.1, -0.05) is 91.0 Å². The highest BCUT2D eigenvalue weighted by Gasteiger charge is 2.36. The SMILES string of the molecule is c1ccc(CC([C@@H]2CO2)N(Cc2ccccc2)Cc2ccccc2)cc1. The Bertz CT molecular complexity index is 743. The van der Waals surface area contributed by atoms with Gasteiger partial charge in [-0.25, -0.2) is 0 Å². The van der Waals surface area contributed by atoms with Gasteiger partial charge in [0.15, 0.2) is 0 Å². The van der Waals surface area contributed by atoms with Crippen LogP contribution in [-0.4, -0.2) is 23.7 Å². The van der Waals surface area contributed by atoms with E-state index in [0.29, 0.717) is 12.1 Å². The summed E-state index contributed by atoms with van der Waals surface area (Å²) in [7, 11) is 0. The smallest absolute Gasteiger partial charge is 0.0968 e. The lowest BCUT2D eigenvalue weighted by Crippen LogP contribution is -2.40. The van der Waals surface area contributed by atoms with E-state index in [0.717, 1.165) is 26.1 Å². The molecule has 1 aliphatic rings. The highest BCUT2D eigenvalue weighted by Crippen LogP contribution is 2.26. The molecule has 26 heavy (non-hydrogen) atoms. The summed E-state index contributed by atoms with van der Waals surface area (Å²) >= 11 is 0. The van der Waals surface area contributed by atoms with Crippen molar-refractivity contribution in [3.8, 4) is 0 Å². The van der Waals surface area contributed by atoms with Crippen molar-refractivity contribution in [1.29, 1.82) is 0 Å². The van der Waals surface area contributed by atoms with Gasteiger partial charge in [-0.15, -0.1) is 0 Å². The summed E-state index contributed by atoms with van der Waals surface area (Å²) in [6.45, 7) is 2.75. The van der Waals surface area contributed by atoms with Crippen molar-refractivity contribution in [2.75, 3.05) is 6.61 Å². The Morgan fingerprint density at radius 3 is 1.54 bits per heavy atom. The molecule has 1 saturated heterocycles. The van der Waals surface area contributed by atoms with Crippen LogP contribution < -0.4 is 0 Å². The fourth-order valence-electron chi connectivity index (χ4n) is 3.56. The first-order valence-electron chi connectivity index (χ1n) is 9.36. The summed E-state index contributed by atoms with van der Waals surface area (Å²) in [5, 5.41) is 0. The Morgan fingerprint density at radius 2 is 1.12 bits per heavy atom. The van der Waals surface area contributed by atoms with Crippen LogP contribution in [0.2, 0.25) is 0 Å². The highest BCUT2D eigenvalue weighted by atomic mass is 16.6. The second-order valence-corrected chi connectivity index (χ2v) is 7.01. The van der Waals surface area contributed by atoms with Crippen molar-refractivity contribution in [3.05, 3.63) is 108 Å². The molecule has 1 fully saturated rings. The molecule has 1 aliphatic heterocycles. The van der Waals surface area contributed by atoms with Crippen LogP contribution in [0, 0.1) is 0 Å². The van der Waals surface area contributed by atoms with E-state index in [2.05, 4.69) is 95.9 Å². The van der Waals surface area contributed by atoms with Crippen molar-refractivity contribution in [3.63, 3.8) is 0 Å². The van der Waals surface area contributed by atoms with Crippen LogP contribution in [0.15, 0.2) is 91.0 Å². The van der Waals surface area contributed by atoms with Crippen LogP contribution in [0.5, 0.6) is 0 Å². The molecule has 132 valence electrons. The van der Waals surface area contributed by atoms with Crippen molar-refractivity contribution in [1.82, 2.24) is 4.90 Å². The molecule has 0 aliphatic carbocycles. The van der Waals surface area contributed by atoms with Crippen LogP contribution in [0.3, 0.4) is 0 Å². The van der Waals surface area contributed by atoms with Gasteiger partial charge in [0.25, 0.3) is 0 Å². The van der Waals surface area contributed by atoms with Gasteiger partial charge in [0.05, 0.1) is 12.7 Å². The van der Waals surface area contributed by atoms with E-state index in [1.54, 1.807) is 0 Å². The second kappa shape index (κ2) is 8.31. The Labute approximate surface area is 156 Å². The molecule has 0 amide bonds. The molecular formula is C24H25NO. The molecule has 1 heterocycles. The zero-order valence-corrected chi connectivity index (χ0v) is 15.0. The fraction of sp³-hybridized carbons (Fsp3) is 0.250. The Kier molecular flexibility index (Phi) is 5.44. The maximum Gasteiger partial charge on any atom is 0.0968 e. The van der Waals surface area contributed by atoms with E-state index in [4.69, 9.17) is 4.74 Å². The van der Waals surface area contributed by atoms with Crippen molar-refractivity contribution < 1.29 is 4.74 Å². The Morgan fingerprint density at radius 1 is 0.692 bits per heavy atom. The molecule has 2 heteroatoms. The topological polar surface area (TPSA) is 15.8 Å². The third-order valence-corrected chi connectivity index (χ3v) is 5.00. The third-order valence-electron chi connectivity index (χ3n) is 5.00. The summed E-state index contributed by atoms with van der Waals surface area (Å²) in [5.41, 5.74) is 4.07. The molecule has 2 atom stereocenters. The molecule has 0 saturated carbocycles. The first-order valence-corrected chi connectivity index (χ1v) is 9.36. The average Bonchev–Trinajstić information content (AvgIpc) is 3.53. The van der Waals surface area contributed by atoms with Crippen LogP contribution in [0.1, 0.15) is 16.7 Å². The summed E-state index contributed by atoms with van der Waals surface area (Å²) in [6.07, 6.45) is 1.35. The van der Waals surface area contributed by atoms with Crippen LogP contribution in [0.4, 0.5) is 0 Å². The summed E-state index contributed by atoms with van der Waals surface area (Å²) in [5.74, 6) is 0. The molecular weight excluding hydrogens is 318 g/mol. The molecule has 0 bridgehead atoms. The molecule has 0 spiro atoms. The lowest BCUT2D eigenvalue weighted by Gasteiger charge is -2.31. The molecule has 0 N–H and O–H groups in total. The maximum absolute atomic E-state index is 5.76. The van der Waals surface area contributed by atoms with E-state index in [-0.39, 0.29) is 0 Å². The number of ether oxygens (including phenoxy) is 1. The van der Waals surface area contributed by atoms with Gasteiger partial charge in [-0.2, -0.15) is 0 Å². The Balaban J connectivity index is 1.58. The first kappa shape index (κ1) is 17.0. The number of hydrogen-bond donors (Lipinski definition) is 0. The lowest BCUT2D eigenvalue weighted by molar-refractivity contribution is 0.144. The predicted molar refractivity (Wildman–Crippen MR) is 106 cm³/mol. The van der Waals surface area contributed by atoms with Gasteiger partial charge in [0.2, 0.25) is 0 Å². The van der Waals surface area contributed by atoms with E-state index < -0.39 is 0 Å². The van der Waals surface area contributed by atoms with Gasteiger partial charge in [-0.3, -0.25) is 4.90 Å². The number of hydrogen-bond acceptors (Lipinski definition) is 2. The minimum atomic E-state index is 0.336. The van der Waals surface area contributed by atoms with E-state index in [1.807, 2.05) is 0 Å². The molecule has 4 rings (SSSR count). The quantitative estimate of drug-likeness (QED) is 0.551. The summed E-state index contributed by atoms with van der Waals surface area (Å²) < 4.78 is 5.76. The molecule has 0 radical (unpaired) electrons. The van der Waals surface area contributed by atoms with E-state index >= 15 is 0 Å². The zero-order valence-electron chi connectivity index (χ0n) is 15.0. The minimum Gasteiger partial charge on any atom is -0.371 e.